The zero-order valence-electron chi connectivity index (χ0n) is 14.0. The molecule has 1 heterocycles. The molecule has 134 valence electrons. The van der Waals surface area contributed by atoms with Crippen LogP contribution in [0.3, 0.4) is 0 Å². The number of aryl methyl sites for hydroxylation is 1. The molecule has 1 amide bonds. The Morgan fingerprint density at radius 3 is 2.71 bits per heavy atom. The first kappa shape index (κ1) is 19.1. The maximum absolute atomic E-state index is 11.7. The standard InChI is InChI=1S/C17H25NO4S2/c1-14-4-6-15(7-5-14)22-10-3-2-9-18-17(19)12-23-16-8-11-24(20,21)13-16/h4-7,16H,2-3,8-13H2,1H3,(H,18,19)/t16-/m0/s1. The highest BCUT2D eigenvalue weighted by Crippen LogP contribution is 2.23. The maximum Gasteiger partial charge on any atom is 0.230 e. The number of sulfone groups is 1. The van der Waals surface area contributed by atoms with E-state index in [1.807, 2.05) is 31.2 Å². The van der Waals surface area contributed by atoms with Crippen LogP contribution >= 0.6 is 11.8 Å². The summed E-state index contributed by atoms with van der Waals surface area (Å²) in [4.78, 5) is 11.7. The van der Waals surface area contributed by atoms with E-state index >= 15 is 0 Å². The Balaban J connectivity index is 1.48. The van der Waals surface area contributed by atoms with Crippen molar-refractivity contribution in [2.24, 2.45) is 0 Å². The Morgan fingerprint density at radius 1 is 1.29 bits per heavy atom. The molecule has 1 aromatic rings. The molecule has 24 heavy (non-hydrogen) atoms. The number of rotatable bonds is 9. The Hall–Kier alpha value is -1.21. The summed E-state index contributed by atoms with van der Waals surface area (Å²) < 4.78 is 28.3. The molecule has 7 heteroatoms. The minimum Gasteiger partial charge on any atom is -0.494 e. The van der Waals surface area contributed by atoms with Crippen LogP contribution in [0.1, 0.15) is 24.8 Å². The van der Waals surface area contributed by atoms with Gasteiger partial charge in [0, 0.05) is 11.8 Å². The quantitative estimate of drug-likeness (QED) is 0.674. The largest absolute Gasteiger partial charge is 0.494 e. The molecule has 1 aliphatic heterocycles. The molecule has 1 aliphatic rings. The van der Waals surface area contributed by atoms with Crippen molar-refractivity contribution < 1.29 is 17.9 Å². The molecule has 0 aliphatic carbocycles. The van der Waals surface area contributed by atoms with Gasteiger partial charge in [0.25, 0.3) is 0 Å². The van der Waals surface area contributed by atoms with E-state index in [1.54, 1.807) is 0 Å². The molecule has 0 bridgehead atoms. The SMILES string of the molecule is Cc1ccc(OCCCCNC(=O)CS[C@H]2CCS(=O)(=O)C2)cc1. The second-order valence-electron chi connectivity index (χ2n) is 6.05. The van der Waals surface area contributed by atoms with E-state index in [4.69, 9.17) is 4.74 Å². The summed E-state index contributed by atoms with van der Waals surface area (Å²) in [6.07, 6.45) is 2.40. The fourth-order valence-electron chi connectivity index (χ4n) is 2.42. The van der Waals surface area contributed by atoms with Gasteiger partial charge in [-0.3, -0.25) is 4.79 Å². The molecule has 2 rings (SSSR count). The smallest absolute Gasteiger partial charge is 0.230 e. The van der Waals surface area contributed by atoms with E-state index in [9.17, 15) is 13.2 Å². The number of unbranched alkanes of at least 4 members (excludes halogenated alkanes) is 1. The molecule has 0 aromatic heterocycles. The van der Waals surface area contributed by atoms with Gasteiger partial charge in [-0.05, 0) is 38.3 Å². The van der Waals surface area contributed by atoms with Crippen molar-refractivity contribution in [1.29, 1.82) is 0 Å². The average molecular weight is 372 g/mol. The number of carbonyl (C=O) groups excluding carboxylic acids is 1. The van der Waals surface area contributed by atoms with Crippen LogP contribution in [0.4, 0.5) is 0 Å². The van der Waals surface area contributed by atoms with E-state index < -0.39 is 9.84 Å². The van der Waals surface area contributed by atoms with Crippen LogP contribution in [-0.4, -0.2) is 50.0 Å². The van der Waals surface area contributed by atoms with Gasteiger partial charge in [0.1, 0.15) is 5.75 Å². The minimum absolute atomic E-state index is 0.0243. The molecule has 1 aromatic carbocycles. The predicted molar refractivity (Wildman–Crippen MR) is 98.4 cm³/mol. The molecule has 0 saturated carbocycles. The number of benzene rings is 1. The zero-order valence-corrected chi connectivity index (χ0v) is 15.6. The number of amides is 1. The normalized spacial score (nSPS) is 19.1. The summed E-state index contributed by atoms with van der Waals surface area (Å²) in [7, 11) is -2.86. The van der Waals surface area contributed by atoms with Crippen molar-refractivity contribution in [2.45, 2.75) is 31.4 Å². The van der Waals surface area contributed by atoms with Gasteiger partial charge in [-0.1, -0.05) is 17.7 Å². The highest BCUT2D eigenvalue weighted by atomic mass is 32.2. The second-order valence-corrected chi connectivity index (χ2v) is 9.57. The molecular weight excluding hydrogens is 346 g/mol. The second kappa shape index (κ2) is 9.32. The minimum atomic E-state index is -2.86. The van der Waals surface area contributed by atoms with Crippen LogP contribution < -0.4 is 10.1 Å². The highest BCUT2D eigenvalue weighted by Gasteiger charge is 2.28. The molecule has 5 nitrogen and oxygen atoms in total. The Kier molecular flexibility index (Phi) is 7.42. The fourth-order valence-corrected chi connectivity index (χ4v) is 5.89. The Morgan fingerprint density at radius 2 is 2.04 bits per heavy atom. The van der Waals surface area contributed by atoms with Gasteiger partial charge in [0.15, 0.2) is 9.84 Å². The number of carbonyl (C=O) groups is 1. The topological polar surface area (TPSA) is 72.5 Å². The van der Waals surface area contributed by atoms with Crippen molar-refractivity contribution in [3.05, 3.63) is 29.8 Å². The molecular formula is C17H25NO4S2. The van der Waals surface area contributed by atoms with Gasteiger partial charge >= 0.3 is 0 Å². The molecule has 1 N–H and O–H groups in total. The van der Waals surface area contributed by atoms with Crippen molar-refractivity contribution in [1.82, 2.24) is 5.32 Å². The van der Waals surface area contributed by atoms with Gasteiger partial charge in [-0.2, -0.15) is 0 Å². The molecule has 1 saturated heterocycles. The lowest BCUT2D eigenvalue weighted by Gasteiger charge is -2.09. The van der Waals surface area contributed by atoms with Gasteiger partial charge in [0.05, 0.1) is 23.9 Å². The van der Waals surface area contributed by atoms with Crippen LogP contribution in [0.25, 0.3) is 0 Å². The first-order valence-electron chi connectivity index (χ1n) is 8.23. The molecule has 0 unspecified atom stereocenters. The fraction of sp³-hybridized carbons (Fsp3) is 0.588. The van der Waals surface area contributed by atoms with Crippen molar-refractivity contribution in [3.63, 3.8) is 0 Å². The summed E-state index contributed by atoms with van der Waals surface area (Å²) in [5, 5.41) is 2.94. The summed E-state index contributed by atoms with van der Waals surface area (Å²) in [5.41, 5.74) is 1.21. The Bertz CT molecular complexity index is 628. The van der Waals surface area contributed by atoms with E-state index in [0.717, 1.165) is 18.6 Å². The van der Waals surface area contributed by atoms with Crippen LogP contribution in [0, 0.1) is 6.92 Å². The number of ether oxygens (including phenoxy) is 1. The van der Waals surface area contributed by atoms with Crippen LogP contribution in [-0.2, 0) is 14.6 Å². The zero-order chi connectivity index (χ0) is 17.4. The van der Waals surface area contributed by atoms with Crippen LogP contribution in [0.15, 0.2) is 24.3 Å². The van der Waals surface area contributed by atoms with Crippen LogP contribution in [0.5, 0.6) is 5.75 Å². The number of thioether (sulfide) groups is 1. The number of hydrogen-bond acceptors (Lipinski definition) is 5. The first-order valence-corrected chi connectivity index (χ1v) is 11.1. The van der Waals surface area contributed by atoms with Crippen molar-refractivity contribution in [2.75, 3.05) is 30.4 Å². The summed E-state index contributed by atoms with van der Waals surface area (Å²) in [6.45, 7) is 3.30. The van der Waals surface area contributed by atoms with E-state index in [0.29, 0.717) is 25.3 Å². The molecule has 1 fully saturated rings. The highest BCUT2D eigenvalue weighted by molar-refractivity contribution is 8.02. The van der Waals surface area contributed by atoms with E-state index in [2.05, 4.69) is 5.32 Å². The first-order chi connectivity index (χ1) is 11.4. The Labute approximate surface area is 148 Å². The third-order valence-corrected chi connectivity index (χ3v) is 7.11. The lowest BCUT2D eigenvalue weighted by molar-refractivity contribution is -0.118. The van der Waals surface area contributed by atoms with Crippen molar-refractivity contribution in [3.8, 4) is 5.75 Å². The third-order valence-electron chi connectivity index (χ3n) is 3.82. The van der Waals surface area contributed by atoms with Gasteiger partial charge in [-0.15, -0.1) is 11.8 Å². The predicted octanol–water partition coefficient (Wildman–Crippen LogP) is 2.19. The summed E-state index contributed by atoms with van der Waals surface area (Å²) >= 11 is 1.45. The van der Waals surface area contributed by atoms with E-state index in [1.165, 1.54) is 17.3 Å². The van der Waals surface area contributed by atoms with Gasteiger partial charge in [-0.25, -0.2) is 8.42 Å². The molecule has 0 spiro atoms. The number of nitrogens with one attached hydrogen (secondary N) is 1. The van der Waals surface area contributed by atoms with Crippen molar-refractivity contribution >= 4 is 27.5 Å². The monoisotopic (exact) mass is 371 g/mol. The van der Waals surface area contributed by atoms with Crippen LogP contribution in [0.2, 0.25) is 0 Å². The lowest BCUT2D eigenvalue weighted by atomic mass is 10.2. The average Bonchev–Trinajstić information content (AvgIpc) is 2.89. The number of hydrogen-bond donors (Lipinski definition) is 1. The third kappa shape index (κ3) is 7.13. The molecule has 0 radical (unpaired) electrons. The van der Waals surface area contributed by atoms with Gasteiger partial charge < -0.3 is 10.1 Å². The summed E-state index contributed by atoms with van der Waals surface area (Å²) in [5.74, 6) is 1.64. The lowest BCUT2D eigenvalue weighted by Crippen LogP contribution is -2.27. The molecule has 1 atom stereocenters. The summed E-state index contributed by atoms with van der Waals surface area (Å²) in [6, 6.07) is 7.95. The van der Waals surface area contributed by atoms with Gasteiger partial charge in [0.2, 0.25) is 5.91 Å². The van der Waals surface area contributed by atoms with E-state index in [-0.39, 0.29) is 22.7 Å². The maximum atomic E-state index is 11.7.